The lowest BCUT2D eigenvalue weighted by atomic mass is 10.1. The van der Waals surface area contributed by atoms with Gasteiger partial charge in [0.15, 0.2) is 0 Å². The number of anilines is 12. The molecule has 0 bridgehead atoms. The smallest absolute Gasteiger partial charge is 0.210 e. The Balaban J connectivity index is 0.980. The molecule has 67 heavy (non-hydrogen) atoms. The molecule has 0 saturated carbocycles. The molecule has 0 aliphatic carbocycles. The second-order valence-electron chi connectivity index (χ2n) is 16.2. The summed E-state index contributed by atoms with van der Waals surface area (Å²) in [6.45, 7) is 0. The lowest BCUT2D eigenvalue weighted by Gasteiger charge is -2.34. The third kappa shape index (κ3) is 6.16. The Morgan fingerprint density at radius 3 is 0.612 bits per heavy atom. The fraction of sp³-hybridized carbons (Fsp3) is 0. The molecule has 12 rings (SSSR count). The van der Waals surface area contributed by atoms with Crippen molar-refractivity contribution in [3.05, 3.63) is 218 Å². The van der Waals surface area contributed by atoms with Crippen LogP contribution in [-0.2, 0) is 29.5 Å². The summed E-state index contributed by atoms with van der Waals surface area (Å²) in [5.74, 6) is 0. The van der Waals surface area contributed by atoms with Gasteiger partial charge in [-0.3, -0.25) is 0 Å². The van der Waals surface area contributed by atoms with Gasteiger partial charge < -0.3 is 19.6 Å². The molecular formula is C54H36N4O6S3. The minimum absolute atomic E-state index is 0.229. The maximum absolute atomic E-state index is 13.8. The number of fused-ring (bicyclic) bond motifs is 6. The number of hydrogen-bond acceptors (Lipinski definition) is 10. The Bertz CT molecular complexity index is 3270. The summed E-state index contributed by atoms with van der Waals surface area (Å²) in [6.07, 6.45) is 0. The van der Waals surface area contributed by atoms with Gasteiger partial charge in [-0.05, 0) is 146 Å². The monoisotopic (exact) mass is 932 g/mol. The van der Waals surface area contributed by atoms with E-state index < -0.39 is 29.5 Å². The molecule has 13 heteroatoms. The first kappa shape index (κ1) is 40.5. The van der Waals surface area contributed by atoms with Crippen LogP contribution in [-0.4, -0.2) is 25.3 Å². The van der Waals surface area contributed by atoms with Crippen LogP contribution < -0.4 is 19.6 Å². The normalized spacial score (nSPS) is 15.5. The summed E-state index contributed by atoms with van der Waals surface area (Å²) in [7, 11) is -11.3. The maximum atomic E-state index is 13.8. The van der Waals surface area contributed by atoms with Crippen LogP contribution in [0.25, 0.3) is 0 Å². The fourth-order valence-electron chi connectivity index (χ4n) is 9.49. The highest BCUT2D eigenvalue weighted by Crippen LogP contribution is 2.52. The van der Waals surface area contributed by atoms with Crippen LogP contribution in [0, 0.1) is 0 Å². The summed E-state index contributed by atoms with van der Waals surface area (Å²) in [5.41, 5.74) is 8.02. The predicted octanol–water partition coefficient (Wildman–Crippen LogP) is 13.0. The molecule has 9 aromatic rings. The van der Waals surface area contributed by atoms with Crippen molar-refractivity contribution in [3.8, 4) is 0 Å². The summed E-state index contributed by atoms with van der Waals surface area (Å²) in [6, 6.07) is 65.9. The quantitative estimate of drug-likeness (QED) is 0.160. The fourth-order valence-corrected chi connectivity index (χ4v) is 14.4. The van der Waals surface area contributed by atoms with Gasteiger partial charge in [0.05, 0.1) is 63.5 Å². The van der Waals surface area contributed by atoms with Crippen molar-refractivity contribution in [1.82, 2.24) is 0 Å². The lowest BCUT2D eigenvalue weighted by molar-refractivity contribution is 0.593. The van der Waals surface area contributed by atoms with E-state index in [1.165, 1.54) is 0 Å². The summed E-state index contributed by atoms with van der Waals surface area (Å²) < 4.78 is 82.7. The first-order valence-electron chi connectivity index (χ1n) is 21.3. The Kier molecular flexibility index (Phi) is 9.10. The molecule has 9 aromatic carbocycles. The Morgan fingerprint density at radius 2 is 0.418 bits per heavy atom. The van der Waals surface area contributed by atoms with Crippen molar-refractivity contribution >= 4 is 97.8 Å². The van der Waals surface area contributed by atoms with Crippen LogP contribution >= 0.6 is 0 Å². The maximum Gasteiger partial charge on any atom is 0.210 e. The SMILES string of the molecule is O=S1(=O)c2ccccc2N(c2ccc(N(c3ccc(N4c5ccccc5S(=O)(=O)c5ccccc54)cc3)c3ccc(N4c5ccccc5S(=O)(=O)c5ccccc54)cc3)cc2)c2ccccc21. The van der Waals surface area contributed by atoms with E-state index in [1.807, 2.05) is 160 Å². The molecule has 0 spiro atoms. The third-order valence-electron chi connectivity index (χ3n) is 12.5. The third-order valence-corrected chi connectivity index (χ3v) is 18.0. The minimum atomic E-state index is -3.75. The molecule has 326 valence electrons. The molecule has 3 heterocycles. The molecule has 0 fully saturated rings. The number of hydrogen-bond donors (Lipinski definition) is 0. The van der Waals surface area contributed by atoms with Gasteiger partial charge in [0.25, 0.3) is 0 Å². The van der Waals surface area contributed by atoms with E-state index in [1.54, 1.807) is 72.8 Å². The second-order valence-corrected chi connectivity index (χ2v) is 21.9. The molecule has 0 saturated heterocycles. The highest BCUT2D eigenvalue weighted by atomic mass is 32.2. The van der Waals surface area contributed by atoms with Gasteiger partial charge in [0, 0.05) is 34.1 Å². The van der Waals surface area contributed by atoms with E-state index in [4.69, 9.17) is 0 Å². The average Bonchev–Trinajstić information content (AvgIpc) is 3.36. The van der Waals surface area contributed by atoms with E-state index in [2.05, 4.69) is 4.90 Å². The predicted molar refractivity (Wildman–Crippen MR) is 262 cm³/mol. The topological polar surface area (TPSA) is 115 Å². The molecule has 0 N–H and O–H groups in total. The number of sulfone groups is 3. The van der Waals surface area contributed by atoms with Gasteiger partial charge in [-0.25, -0.2) is 25.3 Å². The van der Waals surface area contributed by atoms with E-state index in [9.17, 15) is 25.3 Å². The zero-order chi connectivity index (χ0) is 45.7. The van der Waals surface area contributed by atoms with Crippen LogP contribution in [0.15, 0.2) is 248 Å². The molecule has 3 aliphatic heterocycles. The number of para-hydroxylation sites is 6. The summed E-state index contributed by atoms with van der Waals surface area (Å²) in [5, 5.41) is 0. The van der Waals surface area contributed by atoms with Crippen LogP contribution in [0.3, 0.4) is 0 Å². The van der Waals surface area contributed by atoms with Crippen LogP contribution in [0.1, 0.15) is 0 Å². The van der Waals surface area contributed by atoms with Crippen LogP contribution in [0.4, 0.5) is 68.2 Å². The van der Waals surface area contributed by atoms with Crippen molar-refractivity contribution in [1.29, 1.82) is 0 Å². The Labute approximate surface area is 388 Å². The van der Waals surface area contributed by atoms with Crippen LogP contribution in [0.5, 0.6) is 0 Å². The van der Waals surface area contributed by atoms with E-state index in [0.717, 1.165) is 34.1 Å². The highest BCUT2D eigenvalue weighted by molar-refractivity contribution is 7.92. The van der Waals surface area contributed by atoms with E-state index in [0.29, 0.717) is 34.1 Å². The van der Waals surface area contributed by atoms with Gasteiger partial charge in [-0.2, -0.15) is 0 Å². The molecule has 0 atom stereocenters. The van der Waals surface area contributed by atoms with Gasteiger partial charge >= 0.3 is 0 Å². The van der Waals surface area contributed by atoms with E-state index >= 15 is 0 Å². The van der Waals surface area contributed by atoms with Gasteiger partial charge in [-0.1, -0.05) is 72.8 Å². The second kappa shape index (κ2) is 15.0. The first-order valence-corrected chi connectivity index (χ1v) is 25.8. The van der Waals surface area contributed by atoms with Crippen molar-refractivity contribution < 1.29 is 25.3 Å². The number of benzene rings is 9. The van der Waals surface area contributed by atoms with Crippen molar-refractivity contribution in [2.24, 2.45) is 0 Å². The van der Waals surface area contributed by atoms with Crippen molar-refractivity contribution in [2.45, 2.75) is 29.4 Å². The molecular weight excluding hydrogens is 897 g/mol. The summed E-state index contributed by atoms with van der Waals surface area (Å²) >= 11 is 0. The molecule has 10 nitrogen and oxygen atoms in total. The van der Waals surface area contributed by atoms with Gasteiger partial charge in [0.1, 0.15) is 0 Å². The number of rotatable bonds is 6. The zero-order valence-electron chi connectivity index (χ0n) is 35.2. The Hall–Kier alpha value is -7.97. The Morgan fingerprint density at radius 1 is 0.239 bits per heavy atom. The van der Waals surface area contributed by atoms with Gasteiger partial charge in [0.2, 0.25) is 29.5 Å². The lowest BCUT2D eigenvalue weighted by Crippen LogP contribution is -2.22. The molecule has 0 aromatic heterocycles. The average molecular weight is 933 g/mol. The standard InChI is InChI=1S/C54H36N4O6S3/c59-65(60)49-19-7-1-13-43(49)56(44-14-2-8-20-50(44)65)40-31-25-37(26-32-40)55(38-27-33-41(34-28-38)57-45-15-3-9-21-51(45)66(61,62)52-22-10-4-16-46(52)57)39-29-35-42(36-30-39)58-47-17-5-11-23-53(47)67(63,64)54-24-12-6-18-48(54)58/h1-36H. The summed E-state index contributed by atoms with van der Waals surface area (Å²) in [4.78, 5) is 9.37. The molecule has 0 unspecified atom stereocenters. The number of nitrogens with zero attached hydrogens (tertiary/aromatic N) is 4. The van der Waals surface area contributed by atoms with Gasteiger partial charge in [-0.15, -0.1) is 0 Å². The van der Waals surface area contributed by atoms with E-state index in [-0.39, 0.29) is 29.4 Å². The molecule has 0 radical (unpaired) electrons. The minimum Gasteiger partial charge on any atom is -0.310 e. The molecule has 3 aliphatic rings. The molecule has 0 amide bonds. The highest BCUT2D eigenvalue weighted by Gasteiger charge is 2.37. The first-order chi connectivity index (χ1) is 32.5. The largest absolute Gasteiger partial charge is 0.310 e. The zero-order valence-corrected chi connectivity index (χ0v) is 37.7. The van der Waals surface area contributed by atoms with Crippen molar-refractivity contribution in [3.63, 3.8) is 0 Å². The van der Waals surface area contributed by atoms with Crippen LogP contribution in [0.2, 0.25) is 0 Å². The van der Waals surface area contributed by atoms with Crippen molar-refractivity contribution in [2.75, 3.05) is 19.6 Å².